The van der Waals surface area contributed by atoms with Gasteiger partial charge in [-0.1, -0.05) is 29.8 Å². The van der Waals surface area contributed by atoms with Gasteiger partial charge in [0, 0.05) is 15.5 Å². The van der Waals surface area contributed by atoms with E-state index in [0.29, 0.717) is 10.5 Å². The van der Waals surface area contributed by atoms with E-state index in [-0.39, 0.29) is 10.6 Å². The molecule has 27 heavy (non-hydrogen) atoms. The van der Waals surface area contributed by atoms with Gasteiger partial charge >= 0.3 is 6.18 Å². The molecule has 1 N–H and O–H groups in total. The van der Waals surface area contributed by atoms with Crippen molar-refractivity contribution in [1.82, 2.24) is 0 Å². The minimum Gasteiger partial charge on any atom is -0.376 e. The van der Waals surface area contributed by atoms with Gasteiger partial charge in [-0.2, -0.15) is 18.4 Å². The fraction of sp³-hybridized carbons (Fsp3) is 0.211. The lowest BCUT2D eigenvalue weighted by Gasteiger charge is -2.27. The average Bonchev–Trinajstić information content (AvgIpc) is 2.64. The first-order chi connectivity index (χ1) is 12.7. The first-order valence-electron chi connectivity index (χ1n) is 7.63. The summed E-state index contributed by atoms with van der Waals surface area (Å²) in [6.07, 6.45) is -1.10. The molecule has 2 nitrogen and oxygen atoms in total. The molecule has 0 aliphatic carbocycles. The Morgan fingerprint density at radius 1 is 1.19 bits per heavy atom. The van der Waals surface area contributed by atoms with Crippen molar-refractivity contribution >= 4 is 41.2 Å². The molecule has 0 bridgehead atoms. The SMILES string of the molecule is CSc1cccc(SCC(O)(/C=C/c2ccc(C#N)c(Cl)c2)C(F)(F)F)c1. The Balaban J connectivity index is 2.23. The van der Waals surface area contributed by atoms with Gasteiger partial charge in [-0.3, -0.25) is 0 Å². The van der Waals surface area contributed by atoms with E-state index in [1.807, 2.05) is 18.4 Å². The molecule has 1 unspecified atom stereocenters. The van der Waals surface area contributed by atoms with Crippen LogP contribution in [0.3, 0.4) is 0 Å². The van der Waals surface area contributed by atoms with E-state index in [0.717, 1.165) is 28.8 Å². The monoisotopic (exact) mass is 429 g/mol. The number of rotatable bonds is 6. The highest BCUT2D eigenvalue weighted by Gasteiger charge is 2.51. The second-order valence-electron chi connectivity index (χ2n) is 5.57. The molecular formula is C19H15ClF3NOS2. The molecule has 2 rings (SSSR count). The lowest BCUT2D eigenvalue weighted by Crippen LogP contribution is -2.45. The molecule has 0 heterocycles. The number of nitriles is 1. The third-order valence-electron chi connectivity index (χ3n) is 3.66. The minimum absolute atomic E-state index is 0.137. The van der Waals surface area contributed by atoms with E-state index in [9.17, 15) is 18.3 Å². The van der Waals surface area contributed by atoms with Gasteiger partial charge < -0.3 is 5.11 Å². The van der Waals surface area contributed by atoms with Crippen LogP contribution < -0.4 is 0 Å². The Hall–Kier alpha value is -1.59. The van der Waals surface area contributed by atoms with Crippen molar-refractivity contribution in [3.63, 3.8) is 0 Å². The first-order valence-corrected chi connectivity index (χ1v) is 10.2. The summed E-state index contributed by atoms with van der Waals surface area (Å²) < 4.78 is 40.4. The van der Waals surface area contributed by atoms with Crippen molar-refractivity contribution in [2.45, 2.75) is 21.6 Å². The zero-order chi connectivity index (χ0) is 20.1. The summed E-state index contributed by atoms with van der Waals surface area (Å²) in [5.74, 6) is -0.588. The van der Waals surface area contributed by atoms with Gasteiger partial charge in [-0.25, -0.2) is 0 Å². The lowest BCUT2D eigenvalue weighted by atomic mass is 10.0. The molecule has 2 aromatic carbocycles. The fourth-order valence-electron chi connectivity index (χ4n) is 2.07. The molecule has 2 aromatic rings. The van der Waals surface area contributed by atoms with E-state index in [1.165, 1.54) is 30.0 Å². The Morgan fingerprint density at radius 2 is 1.89 bits per heavy atom. The Labute approximate surface area is 169 Å². The van der Waals surface area contributed by atoms with Crippen molar-refractivity contribution in [2.24, 2.45) is 0 Å². The molecule has 0 aliphatic heterocycles. The van der Waals surface area contributed by atoms with Gasteiger partial charge in [0.15, 0.2) is 5.60 Å². The molecule has 8 heteroatoms. The minimum atomic E-state index is -4.84. The second-order valence-corrected chi connectivity index (χ2v) is 7.91. The molecule has 0 saturated carbocycles. The summed E-state index contributed by atoms with van der Waals surface area (Å²) in [4.78, 5) is 1.57. The van der Waals surface area contributed by atoms with Crippen LogP contribution in [0.4, 0.5) is 13.2 Å². The van der Waals surface area contributed by atoms with Crippen molar-refractivity contribution < 1.29 is 18.3 Å². The number of benzene rings is 2. The van der Waals surface area contributed by atoms with Gasteiger partial charge in [0.05, 0.1) is 10.6 Å². The van der Waals surface area contributed by atoms with Crippen molar-refractivity contribution in [2.75, 3.05) is 12.0 Å². The summed E-state index contributed by atoms with van der Waals surface area (Å²) in [7, 11) is 0. The molecule has 1 atom stereocenters. The summed E-state index contributed by atoms with van der Waals surface area (Å²) >= 11 is 8.30. The Morgan fingerprint density at radius 3 is 2.48 bits per heavy atom. The van der Waals surface area contributed by atoms with Crippen LogP contribution in [0.5, 0.6) is 0 Å². The molecule has 0 amide bonds. The molecule has 142 valence electrons. The highest BCUT2D eigenvalue weighted by Crippen LogP contribution is 2.37. The van der Waals surface area contributed by atoms with Crippen LogP contribution in [-0.2, 0) is 0 Å². The zero-order valence-corrected chi connectivity index (χ0v) is 16.5. The zero-order valence-electron chi connectivity index (χ0n) is 14.1. The second kappa shape index (κ2) is 9.07. The molecular weight excluding hydrogens is 415 g/mol. The normalized spacial score (nSPS) is 14.1. The predicted octanol–water partition coefficient (Wildman–Crippen LogP) is 6.03. The first kappa shape index (κ1) is 21.7. The number of halogens is 4. The summed E-state index contributed by atoms with van der Waals surface area (Å²) in [5.41, 5.74) is -2.42. The van der Waals surface area contributed by atoms with Crippen LogP contribution in [0.2, 0.25) is 5.02 Å². The Kier molecular flexibility index (Phi) is 7.29. The fourth-order valence-corrected chi connectivity index (χ4v) is 3.87. The van der Waals surface area contributed by atoms with Crippen LogP contribution in [0.15, 0.2) is 58.3 Å². The van der Waals surface area contributed by atoms with Gasteiger partial charge in [-0.15, -0.1) is 23.5 Å². The van der Waals surface area contributed by atoms with Gasteiger partial charge in [-0.05, 0) is 48.2 Å². The highest BCUT2D eigenvalue weighted by molar-refractivity contribution is 7.99. The molecule has 0 radical (unpaired) electrons. The summed E-state index contributed by atoms with van der Waals surface area (Å²) in [6.45, 7) is 0. The third kappa shape index (κ3) is 5.69. The topological polar surface area (TPSA) is 44.0 Å². The van der Waals surface area contributed by atoms with Crippen LogP contribution in [-0.4, -0.2) is 28.9 Å². The lowest BCUT2D eigenvalue weighted by molar-refractivity contribution is -0.230. The number of thioether (sulfide) groups is 2. The highest BCUT2D eigenvalue weighted by atomic mass is 35.5. The summed E-state index contributed by atoms with van der Waals surface area (Å²) in [6, 6.07) is 13.2. The number of hydrogen-bond donors (Lipinski definition) is 1. The van der Waals surface area contributed by atoms with E-state index in [2.05, 4.69) is 0 Å². The van der Waals surface area contributed by atoms with Crippen LogP contribution in [0.25, 0.3) is 6.08 Å². The van der Waals surface area contributed by atoms with Crippen LogP contribution >= 0.6 is 35.1 Å². The van der Waals surface area contributed by atoms with Gasteiger partial charge in [0.1, 0.15) is 6.07 Å². The quantitative estimate of drug-likeness (QED) is 0.569. The van der Waals surface area contributed by atoms with Gasteiger partial charge in [0.25, 0.3) is 0 Å². The standard InChI is InChI=1S/C19H15ClF3NOS2/c1-26-15-3-2-4-16(10-15)27-12-18(25,19(21,22)23)8-7-13-5-6-14(11-24)17(20)9-13/h2-10,25H,12H2,1H3/b8-7+. The summed E-state index contributed by atoms with van der Waals surface area (Å²) in [5, 5.41) is 19.2. The predicted molar refractivity (Wildman–Crippen MR) is 105 cm³/mol. The Bertz CT molecular complexity index is 880. The van der Waals surface area contributed by atoms with Crippen molar-refractivity contribution in [3.05, 3.63) is 64.7 Å². The molecule has 0 fully saturated rings. The smallest absolute Gasteiger partial charge is 0.376 e. The number of hydrogen-bond acceptors (Lipinski definition) is 4. The van der Waals surface area contributed by atoms with E-state index < -0.39 is 17.5 Å². The maximum absolute atomic E-state index is 13.5. The maximum atomic E-state index is 13.5. The number of aliphatic hydroxyl groups is 1. The van der Waals surface area contributed by atoms with E-state index in [1.54, 1.807) is 18.2 Å². The number of alkyl halides is 3. The van der Waals surface area contributed by atoms with Crippen LogP contribution in [0, 0.1) is 11.3 Å². The third-order valence-corrected chi connectivity index (χ3v) is 5.87. The molecule has 0 saturated heterocycles. The maximum Gasteiger partial charge on any atom is 0.421 e. The van der Waals surface area contributed by atoms with E-state index >= 15 is 0 Å². The van der Waals surface area contributed by atoms with E-state index in [4.69, 9.17) is 16.9 Å². The molecule has 0 aromatic heterocycles. The van der Waals surface area contributed by atoms with Gasteiger partial charge in [0.2, 0.25) is 0 Å². The van der Waals surface area contributed by atoms with Crippen molar-refractivity contribution in [1.29, 1.82) is 5.26 Å². The molecule has 0 aliphatic rings. The molecule has 0 spiro atoms. The van der Waals surface area contributed by atoms with Crippen LogP contribution in [0.1, 0.15) is 11.1 Å². The number of nitrogens with zero attached hydrogens (tertiary/aromatic N) is 1. The van der Waals surface area contributed by atoms with Crippen molar-refractivity contribution in [3.8, 4) is 6.07 Å². The largest absolute Gasteiger partial charge is 0.421 e. The average molecular weight is 430 g/mol.